The molecule has 3 aromatic rings. The predicted molar refractivity (Wildman–Crippen MR) is 110 cm³/mol. The number of ether oxygens (including phenoxy) is 4. The van der Waals surface area contributed by atoms with Crippen LogP contribution in [0.5, 0.6) is 23.0 Å². The van der Waals surface area contributed by atoms with E-state index >= 15 is 0 Å². The zero-order chi connectivity index (χ0) is 20.6. The van der Waals surface area contributed by atoms with E-state index in [1.165, 1.54) is 0 Å². The van der Waals surface area contributed by atoms with Gasteiger partial charge in [-0.1, -0.05) is 0 Å². The lowest BCUT2D eigenvalue weighted by atomic mass is 10.2. The first-order chi connectivity index (χ1) is 14.2. The minimum Gasteiger partial charge on any atom is -0.497 e. The molecule has 0 fully saturated rings. The maximum Gasteiger partial charge on any atom is 0.269 e. The number of hydrogen-bond acceptors (Lipinski definition) is 8. The molecule has 0 bridgehead atoms. The molecule has 0 aliphatic carbocycles. The summed E-state index contributed by atoms with van der Waals surface area (Å²) < 4.78 is 21.1. The van der Waals surface area contributed by atoms with Gasteiger partial charge in [0.2, 0.25) is 5.95 Å². The van der Waals surface area contributed by atoms with Gasteiger partial charge in [0.15, 0.2) is 0 Å². The summed E-state index contributed by atoms with van der Waals surface area (Å²) in [7, 11) is 6.37. The Morgan fingerprint density at radius 2 is 1.31 bits per heavy atom. The van der Waals surface area contributed by atoms with Gasteiger partial charge in [0.1, 0.15) is 23.0 Å². The Labute approximate surface area is 168 Å². The Bertz CT molecular complexity index is 949. The van der Waals surface area contributed by atoms with Crippen LogP contribution in [0.15, 0.2) is 46.4 Å². The molecular formula is C20H21N5O4. The lowest BCUT2D eigenvalue weighted by molar-refractivity contribution is 0.402. The van der Waals surface area contributed by atoms with Crippen LogP contribution >= 0.6 is 0 Å². The van der Waals surface area contributed by atoms with Gasteiger partial charge in [-0.3, -0.25) is 0 Å². The average molecular weight is 395 g/mol. The van der Waals surface area contributed by atoms with E-state index in [1.54, 1.807) is 53.0 Å². The largest absolute Gasteiger partial charge is 0.497 e. The van der Waals surface area contributed by atoms with Crippen molar-refractivity contribution >= 4 is 24.3 Å². The van der Waals surface area contributed by atoms with E-state index in [-0.39, 0.29) is 5.95 Å². The highest BCUT2D eigenvalue weighted by Gasteiger charge is 2.06. The molecule has 0 saturated heterocycles. The molecule has 3 rings (SSSR count). The number of aromatic amines is 1. The first-order valence-corrected chi connectivity index (χ1v) is 8.61. The number of aromatic nitrogens is 3. The summed E-state index contributed by atoms with van der Waals surface area (Å²) in [4.78, 5) is 12.8. The molecule has 9 heteroatoms. The van der Waals surface area contributed by atoms with Crippen LogP contribution in [0.25, 0.3) is 0 Å². The lowest BCUT2D eigenvalue weighted by Gasteiger charge is -2.06. The van der Waals surface area contributed by atoms with Gasteiger partial charge in [-0.15, -0.1) is 5.10 Å². The summed E-state index contributed by atoms with van der Waals surface area (Å²) in [6.07, 6.45) is 3.21. The van der Waals surface area contributed by atoms with Gasteiger partial charge in [-0.25, -0.2) is 15.1 Å². The summed E-state index contributed by atoms with van der Waals surface area (Å²) in [5, 5.41) is 6.77. The fraction of sp³-hybridized carbons (Fsp3) is 0.200. The third kappa shape index (κ3) is 4.89. The van der Waals surface area contributed by atoms with Crippen LogP contribution in [0.1, 0.15) is 11.1 Å². The van der Waals surface area contributed by atoms with E-state index in [2.05, 4.69) is 25.2 Å². The second kappa shape index (κ2) is 9.36. The van der Waals surface area contributed by atoms with E-state index in [0.717, 1.165) is 11.1 Å². The van der Waals surface area contributed by atoms with Crippen LogP contribution in [0.2, 0.25) is 0 Å². The molecule has 0 unspecified atom stereocenters. The smallest absolute Gasteiger partial charge is 0.269 e. The van der Waals surface area contributed by atoms with Crippen molar-refractivity contribution in [3.05, 3.63) is 47.5 Å². The molecule has 1 aromatic heterocycles. The minimum atomic E-state index is 0.236. The Hall–Kier alpha value is -3.88. The summed E-state index contributed by atoms with van der Waals surface area (Å²) in [6, 6.07) is 10.8. The molecule has 1 N–H and O–H groups in total. The molecule has 150 valence electrons. The second-order valence-corrected chi connectivity index (χ2v) is 5.69. The van der Waals surface area contributed by atoms with Crippen LogP contribution in [0.4, 0.5) is 11.9 Å². The van der Waals surface area contributed by atoms with Crippen LogP contribution < -0.4 is 18.9 Å². The van der Waals surface area contributed by atoms with E-state index < -0.39 is 0 Å². The molecule has 0 amide bonds. The molecular weight excluding hydrogens is 374 g/mol. The van der Waals surface area contributed by atoms with Crippen molar-refractivity contribution in [1.29, 1.82) is 0 Å². The van der Waals surface area contributed by atoms with Crippen molar-refractivity contribution in [1.82, 2.24) is 15.2 Å². The topological polar surface area (TPSA) is 103 Å². The van der Waals surface area contributed by atoms with Crippen molar-refractivity contribution < 1.29 is 18.9 Å². The van der Waals surface area contributed by atoms with Crippen molar-refractivity contribution in [2.24, 2.45) is 9.98 Å². The number of nitrogens with zero attached hydrogens (tertiary/aromatic N) is 4. The molecule has 0 spiro atoms. The Kier molecular flexibility index (Phi) is 6.41. The van der Waals surface area contributed by atoms with Gasteiger partial charge >= 0.3 is 0 Å². The minimum absolute atomic E-state index is 0.236. The first kappa shape index (κ1) is 19.9. The van der Waals surface area contributed by atoms with Gasteiger partial charge < -0.3 is 18.9 Å². The molecule has 0 aliphatic rings. The van der Waals surface area contributed by atoms with E-state index in [4.69, 9.17) is 18.9 Å². The van der Waals surface area contributed by atoms with Crippen molar-refractivity contribution in [2.45, 2.75) is 0 Å². The molecule has 0 saturated carbocycles. The van der Waals surface area contributed by atoms with Gasteiger partial charge in [0.25, 0.3) is 5.95 Å². The quantitative estimate of drug-likeness (QED) is 0.587. The normalized spacial score (nSPS) is 11.2. The Morgan fingerprint density at radius 3 is 1.83 bits per heavy atom. The maximum absolute atomic E-state index is 5.33. The third-order valence-electron chi connectivity index (χ3n) is 3.98. The number of hydrogen-bond donors (Lipinski definition) is 1. The molecule has 0 radical (unpaired) electrons. The van der Waals surface area contributed by atoms with E-state index in [0.29, 0.717) is 28.9 Å². The van der Waals surface area contributed by atoms with Crippen LogP contribution in [0.3, 0.4) is 0 Å². The van der Waals surface area contributed by atoms with Gasteiger partial charge in [0, 0.05) is 23.6 Å². The van der Waals surface area contributed by atoms with Crippen LogP contribution in [-0.4, -0.2) is 56.0 Å². The molecule has 0 aliphatic heterocycles. The number of methoxy groups -OCH3 is 4. The average Bonchev–Trinajstić information content (AvgIpc) is 3.23. The summed E-state index contributed by atoms with van der Waals surface area (Å²) in [6.45, 7) is 0. The Morgan fingerprint density at radius 1 is 0.759 bits per heavy atom. The highest BCUT2D eigenvalue weighted by atomic mass is 16.5. The fourth-order valence-corrected chi connectivity index (χ4v) is 2.50. The van der Waals surface area contributed by atoms with Crippen molar-refractivity contribution in [3.63, 3.8) is 0 Å². The standard InChI is InChI=1S/C20H21N5O4/c1-26-15-5-7-17(28-3)13(9-15)11-21-19-23-20(25-24-19)22-12-14-10-16(27-2)6-8-18(14)29-4/h5-12H,1-4H3,(H,23,24,25)/b21-11+,22-12+. The number of aliphatic imine (C=N–C) groups is 2. The number of rotatable bonds is 8. The summed E-state index contributed by atoms with van der Waals surface area (Å²) in [5.41, 5.74) is 1.48. The molecule has 0 atom stereocenters. The first-order valence-electron chi connectivity index (χ1n) is 8.61. The monoisotopic (exact) mass is 395 g/mol. The van der Waals surface area contributed by atoms with E-state index in [1.807, 2.05) is 24.3 Å². The molecule has 29 heavy (non-hydrogen) atoms. The second-order valence-electron chi connectivity index (χ2n) is 5.69. The van der Waals surface area contributed by atoms with Gasteiger partial charge in [-0.05, 0) is 36.4 Å². The highest BCUT2D eigenvalue weighted by Crippen LogP contribution is 2.24. The van der Waals surface area contributed by atoms with E-state index in [9.17, 15) is 0 Å². The summed E-state index contributed by atoms with van der Waals surface area (Å²) in [5.74, 6) is 3.26. The van der Waals surface area contributed by atoms with Crippen LogP contribution in [0, 0.1) is 0 Å². The fourth-order valence-electron chi connectivity index (χ4n) is 2.50. The lowest BCUT2D eigenvalue weighted by Crippen LogP contribution is -1.92. The molecule has 9 nitrogen and oxygen atoms in total. The maximum atomic E-state index is 5.33. The van der Waals surface area contributed by atoms with Gasteiger partial charge in [-0.2, -0.15) is 4.98 Å². The van der Waals surface area contributed by atoms with Crippen molar-refractivity contribution in [3.8, 4) is 23.0 Å². The zero-order valence-corrected chi connectivity index (χ0v) is 16.5. The molecule has 1 heterocycles. The predicted octanol–water partition coefficient (Wildman–Crippen LogP) is 3.34. The van der Waals surface area contributed by atoms with Gasteiger partial charge in [0.05, 0.1) is 28.4 Å². The zero-order valence-electron chi connectivity index (χ0n) is 16.5. The Balaban J connectivity index is 1.78. The van der Waals surface area contributed by atoms with Crippen LogP contribution in [-0.2, 0) is 0 Å². The van der Waals surface area contributed by atoms with Crippen molar-refractivity contribution in [2.75, 3.05) is 28.4 Å². The number of benzene rings is 2. The summed E-state index contributed by atoms with van der Waals surface area (Å²) >= 11 is 0. The molecule has 2 aromatic carbocycles. The number of nitrogens with one attached hydrogen (secondary N) is 1. The number of H-pyrrole nitrogens is 1. The highest BCUT2D eigenvalue weighted by molar-refractivity contribution is 5.86. The third-order valence-corrected chi connectivity index (χ3v) is 3.98. The SMILES string of the molecule is COc1ccc(OC)c(/C=N/c2n[nH]c(/N=C/c3cc(OC)ccc3OC)n2)c1.